The van der Waals surface area contributed by atoms with E-state index in [1.54, 1.807) is 17.9 Å². The van der Waals surface area contributed by atoms with Crippen LogP contribution in [0.15, 0.2) is 24.3 Å². The summed E-state index contributed by atoms with van der Waals surface area (Å²) in [6.07, 6.45) is -4.37. The van der Waals surface area contributed by atoms with Crippen molar-refractivity contribution in [1.29, 1.82) is 0 Å². The molecule has 2 rings (SSSR count). The Morgan fingerprint density at radius 2 is 2.25 bits per heavy atom. The number of hydrogen-bond donors (Lipinski definition) is 1. The molecule has 0 radical (unpaired) electrons. The second kappa shape index (κ2) is 5.95. The van der Waals surface area contributed by atoms with E-state index >= 15 is 0 Å². The first-order valence-corrected chi connectivity index (χ1v) is 7.31. The van der Waals surface area contributed by atoms with Crippen molar-refractivity contribution < 1.29 is 18.0 Å². The molecule has 3 nitrogen and oxygen atoms in total. The van der Waals surface area contributed by atoms with Crippen molar-refractivity contribution >= 4 is 17.8 Å². The number of amides is 2. The first-order chi connectivity index (χ1) is 9.43. The molecule has 110 valence electrons. The van der Waals surface area contributed by atoms with Crippen molar-refractivity contribution in [2.75, 3.05) is 18.8 Å². The minimum atomic E-state index is -4.37. The Kier molecular flexibility index (Phi) is 4.47. The average Bonchev–Trinajstić information content (AvgIpc) is 2.87. The smallest absolute Gasteiger partial charge is 0.338 e. The van der Waals surface area contributed by atoms with Gasteiger partial charge in [0.25, 0.3) is 0 Å². The van der Waals surface area contributed by atoms with Crippen LogP contribution in [0.25, 0.3) is 0 Å². The molecule has 1 unspecified atom stereocenters. The summed E-state index contributed by atoms with van der Waals surface area (Å²) in [7, 11) is 0. The van der Waals surface area contributed by atoms with Gasteiger partial charge in [0.05, 0.1) is 5.56 Å². The van der Waals surface area contributed by atoms with Crippen molar-refractivity contribution in [2.24, 2.45) is 0 Å². The van der Waals surface area contributed by atoms with Crippen molar-refractivity contribution in [3.05, 3.63) is 35.4 Å². The highest BCUT2D eigenvalue weighted by Gasteiger charge is 2.34. The highest BCUT2D eigenvalue weighted by molar-refractivity contribution is 7.99. The van der Waals surface area contributed by atoms with Crippen molar-refractivity contribution in [3.8, 4) is 0 Å². The van der Waals surface area contributed by atoms with Gasteiger partial charge in [-0.15, -0.1) is 11.8 Å². The predicted octanol–water partition coefficient (Wildman–Crippen LogP) is 3.48. The maximum atomic E-state index is 12.7. The molecule has 1 aliphatic rings. The molecule has 1 aromatic rings. The third-order valence-corrected chi connectivity index (χ3v) is 4.24. The van der Waals surface area contributed by atoms with Crippen LogP contribution in [-0.2, 0) is 6.18 Å². The first-order valence-electron chi connectivity index (χ1n) is 6.26. The maximum absolute atomic E-state index is 12.7. The molecule has 0 spiro atoms. The molecule has 1 aliphatic heterocycles. The number of urea groups is 1. The van der Waals surface area contributed by atoms with Crippen LogP contribution in [0.3, 0.4) is 0 Å². The van der Waals surface area contributed by atoms with Crippen molar-refractivity contribution in [3.63, 3.8) is 0 Å². The lowest BCUT2D eigenvalue weighted by molar-refractivity contribution is -0.137. The van der Waals surface area contributed by atoms with Crippen LogP contribution in [0.2, 0.25) is 0 Å². The number of thioether (sulfide) groups is 1. The normalized spacial score (nSPS) is 19.2. The Morgan fingerprint density at radius 3 is 2.90 bits per heavy atom. The zero-order valence-corrected chi connectivity index (χ0v) is 11.7. The number of hydrogen-bond acceptors (Lipinski definition) is 2. The summed E-state index contributed by atoms with van der Waals surface area (Å²) in [6, 6.07) is 4.94. The van der Waals surface area contributed by atoms with E-state index in [-0.39, 0.29) is 11.4 Å². The van der Waals surface area contributed by atoms with E-state index in [4.69, 9.17) is 0 Å². The zero-order chi connectivity index (χ0) is 14.8. The molecule has 1 aromatic carbocycles. The molecule has 0 aliphatic carbocycles. The minimum Gasteiger partial charge on any atom is -0.338 e. The van der Waals surface area contributed by atoms with Gasteiger partial charge >= 0.3 is 12.2 Å². The van der Waals surface area contributed by atoms with Gasteiger partial charge in [-0.05, 0) is 24.6 Å². The number of carbonyl (C=O) groups is 1. The Labute approximate surface area is 119 Å². The van der Waals surface area contributed by atoms with E-state index < -0.39 is 11.7 Å². The monoisotopic (exact) mass is 304 g/mol. The number of alkyl halides is 3. The third-order valence-electron chi connectivity index (χ3n) is 2.98. The highest BCUT2D eigenvalue weighted by Crippen LogP contribution is 2.39. The summed E-state index contributed by atoms with van der Waals surface area (Å²) < 4.78 is 38.2. The van der Waals surface area contributed by atoms with Gasteiger partial charge in [0.15, 0.2) is 0 Å². The van der Waals surface area contributed by atoms with Gasteiger partial charge < -0.3 is 10.2 Å². The van der Waals surface area contributed by atoms with E-state index in [2.05, 4.69) is 5.32 Å². The lowest BCUT2D eigenvalue weighted by atomic mass is 10.1. The van der Waals surface area contributed by atoms with Crippen LogP contribution < -0.4 is 5.32 Å². The average molecular weight is 304 g/mol. The molecule has 7 heteroatoms. The molecule has 20 heavy (non-hydrogen) atoms. The van der Waals surface area contributed by atoms with Crippen LogP contribution in [0, 0.1) is 0 Å². The van der Waals surface area contributed by atoms with Crippen LogP contribution in [0.5, 0.6) is 0 Å². The number of nitrogens with one attached hydrogen (secondary N) is 1. The number of benzene rings is 1. The summed E-state index contributed by atoms with van der Waals surface area (Å²) in [4.78, 5) is 13.5. The van der Waals surface area contributed by atoms with Gasteiger partial charge in [0.2, 0.25) is 0 Å². The van der Waals surface area contributed by atoms with Gasteiger partial charge in [0, 0.05) is 18.8 Å². The highest BCUT2D eigenvalue weighted by atomic mass is 32.2. The second-order valence-electron chi connectivity index (χ2n) is 4.38. The lowest BCUT2D eigenvalue weighted by Gasteiger charge is -2.24. The summed E-state index contributed by atoms with van der Waals surface area (Å²) in [5.41, 5.74) is -0.174. The molecule has 0 aromatic heterocycles. The molecule has 1 fully saturated rings. The van der Waals surface area contributed by atoms with Crippen LogP contribution in [0.1, 0.15) is 23.4 Å². The largest absolute Gasteiger partial charge is 0.416 e. The molecule has 0 bridgehead atoms. The number of rotatable bonds is 2. The summed E-state index contributed by atoms with van der Waals surface area (Å²) in [5.74, 6) is 0.720. The summed E-state index contributed by atoms with van der Waals surface area (Å²) >= 11 is 1.47. The molecule has 1 atom stereocenters. The second-order valence-corrected chi connectivity index (χ2v) is 5.56. The minimum absolute atomic E-state index is 0.236. The van der Waals surface area contributed by atoms with Gasteiger partial charge in [-0.1, -0.05) is 12.1 Å². The van der Waals surface area contributed by atoms with Crippen LogP contribution in [-0.4, -0.2) is 29.8 Å². The molecule has 2 amide bonds. The molecule has 1 heterocycles. The number of nitrogens with zero attached hydrogens (tertiary/aromatic N) is 1. The molecule has 1 saturated heterocycles. The fraction of sp³-hybridized carbons (Fsp3) is 0.462. The number of halogens is 3. The van der Waals surface area contributed by atoms with Crippen molar-refractivity contribution in [1.82, 2.24) is 10.2 Å². The Hall–Kier alpha value is -1.37. The van der Waals surface area contributed by atoms with Gasteiger partial charge in [-0.25, -0.2) is 4.79 Å². The quantitative estimate of drug-likeness (QED) is 0.907. The SMILES string of the molecule is CCNC(=O)N1CCSC1c1cccc(C(F)(F)F)c1. The Morgan fingerprint density at radius 1 is 1.50 bits per heavy atom. The molecular formula is C13H15F3N2OS. The van der Waals surface area contributed by atoms with E-state index in [1.165, 1.54) is 17.8 Å². The maximum Gasteiger partial charge on any atom is 0.416 e. The third kappa shape index (κ3) is 3.20. The van der Waals surface area contributed by atoms with Crippen LogP contribution in [0.4, 0.5) is 18.0 Å². The fourth-order valence-corrected chi connectivity index (χ4v) is 3.32. The Balaban J connectivity index is 2.24. The fourth-order valence-electron chi connectivity index (χ4n) is 2.08. The summed E-state index contributed by atoms with van der Waals surface area (Å²) in [6.45, 7) is 2.84. The topological polar surface area (TPSA) is 32.3 Å². The summed E-state index contributed by atoms with van der Waals surface area (Å²) in [5, 5.41) is 2.33. The molecule has 0 saturated carbocycles. The standard InChI is InChI=1S/C13H15F3N2OS/c1-2-17-12(19)18-6-7-20-11(18)9-4-3-5-10(8-9)13(14,15)16/h3-5,8,11H,2,6-7H2,1H3,(H,17,19). The van der Waals surface area contributed by atoms with E-state index in [0.717, 1.165) is 17.9 Å². The van der Waals surface area contributed by atoms with Crippen molar-refractivity contribution in [2.45, 2.75) is 18.5 Å². The van der Waals surface area contributed by atoms with Crippen LogP contribution >= 0.6 is 11.8 Å². The lowest BCUT2D eigenvalue weighted by Crippen LogP contribution is -2.39. The Bertz CT molecular complexity index is 493. The van der Waals surface area contributed by atoms with Gasteiger partial charge in [-0.3, -0.25) is 0 Å². The van der Waals surface area contributed by atoms with E-state index in [1.807, 2.05) is 0 Å². The van der Waals surface area contributed by atoms with Gasteiger partial charge in [0.1, 0.15) is 5.37 Å². The van der Waals surface area contributed by atoms with E-state index in [0.29, 0.717) is 18.7 Å². The first kappa shape index (κ1) is 15.0. The zero-order valence-electron chi connectivity index (χ0n) is 10.9. The van der Waals surface area contributed by atoms with E-state index in [9.17, 15) is 18.0 Å². The molecular weight excluding hydrogens is 289 g/mol. The van der Waals surface area contributed by atoms with Gasteiger partial charge in [-0.2, -0.15) is 13.2 Å². The molecule has 1 N–H and O–H groups in total. The predicted molar refractivity (Wildman–Crippen MR) is 72.4 cm³/mol. The number of carbonyl (C=O) groups excluding carboxylic acids is 1.